The van der Waals surface area contributed by atoms with Crippen molar-refractivity contribution in [1.29, 1.82) is 0 Å². The maximum atomic E-state index is 12.8. The summed E-state index contributed by atoms with van der Waals surface area (Å²) in [6.07, 6.45) is 2.27. The summed E-state index contributed by atoms with van der Waals surface area (Å²) in [5.41, 5.74) is 3.34. The summed E-state index contributed by atoms with van der Waals surface area (Å²) in [5.74, 6) is -1.05. The number of carboxylic acids is 1. The molecule has 1 unspecified atom stereocenters. The second-order valence-corrected chi connectivity index (χ2v) is 7.39. The fourth-order valence-corrected chi connectivity index (χ4v) is 4.58. The van der Waals surface area contributed by atoms with E-state index in [0.29, 0.717) is 19.4 Å². The molecule has 0 saturated carbocycles. The van der Waals surface area contributed by atoms with Crippen LogP contribution < -0.4 is 0 Å². The Morgan fingerprint density at radius 3 is 2.32 bits per heavy atom. The SMILES string of the molecule is C=CCC1(C(=O)O)CCCN1C(=O)OCC1c2ccccc2-c2ccccc21. The molecule has 2 aromatic carbocycles. The van der Waals surface area contributed by atoms with Crippen LogP contribution in [0.4, 0.5) is 4.79 Å². The molecule has 1 aliphatic heterocycles. The van der Waals surface area contributed by atoms with Gasteiger partial charge in [0.15, 0.2) is 0 Å². The van der Waals surface area contributed by atoms with Crippen molar-refractivity contribution in [3.63, 3.8) is 0 Å². The number of benzene rings is 2. The molecule has 1 N–H and O–H groups in total. The van der Waals surface area contributed by atoms with Gasteiger partial charge in [0.2, 0.25) is 0 Å². The Morgan fingerprint density at radius 1 is 1.14 bits per heavy atom. The van der Waals surface area contributed by atoms with E-state index >= 15 is 0 Å². The van der Waals surface area contributed by atoms with E-state index in [9.17, 15) is 14.7 Å². The summed E-state index contributed by atoms with van der Waals surface area (Å²) in [5, 5.41) is 9.76. The van der Waals surface area contributed by atoms with Crippen molar-refractivity contribution < 1.29 is 19.4 Å². The lowest BCUT2D eigenvalue weighted by Crippen LogP contribution is -2.53. The molecule has 1 fully saturated rings. The maximum Gasteiger partial charge on any atom is 0.410 e. The molecule has 4 rings (SSSR count). The first-order chi connectivity index (χ1) is 13.6. The van der Waals surface area contributed by atoms with Crippen LogP contribution in [0.1, 0.15) is 36.3 Å². The quantitative estimate of drug-likeness (QED) is 0.783. The van der Waals surface area contributed by atoms with E-state index in [1.807, 2.05) is 24.3 Å². The number of hydrogen-bond donors (Lipinski definition) is 1. The van der Waals surface area contributed by atoms with E-state index in [1.165, 1.54) is 4.90 Å². The Labute approximate surface area is 164 Å². The zero-order chi connectivity index (χ0) is 19.7. The minimum Gasteiger partial charge on any atom is -0.479 e. The Bertz CT molecular complexity index is 892. The Hall–Kier alpha value is -3.08. The van der Waals surface area contributed by atoms with Gasteiger partial charge in [-0.3, -0.25) is 4.90 Å². The molecule has 5 nitrogen and oxygen atoms in total. The number of ether oxygens (including phenoxy) is 1. The first kappa shape index (κ1) is 18.3. The van der Waals surface area contributed by atoms with Gasteiger partial charge < -0.3 is 9.84 Å². The van der Waals surface area contributed by atoms with E-state index in [4.69, 9.17) is 4.74 Å². The Balaban J connectivity index is 1.56. The summed E-state index contributed by atoms with van der Waals surface area (Å²) in [6.45, 7) is 4.24. The van der Waals surface area contributed by atoms with Crippen LogP contribution in [-0.2, 0) is 9.53 Å². The van der Waals surface area contributed by atoms with E-state index in [0.717, 1.165) is 22.3 Å². The standard InChI is InChI=1S/C23H23NO4/c1-2-12-23(21(25)26)13-7-14-24(23)22(27)28-15-20-18-10-5-3-8-16(18)17-9-4-6-11-19(17)20/h2-6,8-11,20H,1,7,12-15H2,(H,25,26). The van der Waals surface area contributed by atoms with Gasteiger partial charge in [0.25, 0.3) is 0 Å². The van der Waals surface area contributed by atoms with E-state index in [1.54, 1.807) is 6.08 Å². The van der Waals surface area contributed by atoms with Crippen LogP contribution in [0.2, 0.25) is 0 Å². The van der Waals surface area contributed by atoms with Gasteiger partial charge in [0, 0.05) is 12.5 Å². The molecule has 1 heterocycles. The number of carbonyl (C=O) groups excluding carboxylic acids is 1. The van der Waals surface area contributed by atoms with Gasteiger partial charge in [0.1, 0.15) is 12.1 Å². The number of aliphatic carboxylic acids is 1. The maximum absolute atomic E-state index is 12.8. The number of nitrogens with zero attached hydrogens (tertiary/aromatic N) is 1. The van der Waals surface area contributed by atoms with Crippen LogP contribution in [0.3, 0.4) is 0 Å². The van der Waals surface area contributed by atoms with Crippen LogP contribution >= 0.6 is 0 Å². The third-order valence-corrected chi connectivity index (χ3v) is 5.93. The summed E-state index contributed by atoms with van der Waals surface area (Å²) in [7, 11) is 0. The Kier molecular flexibility index (Phi) is 4.67. The largest absolute Gasteiger partial charge is 0.479 e. The number of hydrogen-bond acceptors (Lipinski definition) is 3. The number of rotatable bonds is 5. The van der Waals surface area contributed by atoms with E-state index < -0.39 is 17.6 Å². The van der Waals surface area contributed by atoms with Crippen molar-refractivity contribution in [2.24, 2.45) is 0 Å². The molecular weight excluding hydrogens is 354 g/mol. The van der Waals surface area contributed by atoms with Crippen molar-refractivity contribution in [3.05, 3.63) is 72.3 Å². The van der Waals surface area contributed by atoms with Crippen LogP contribution in [-0.4, -0.2) is 40.8 Å². The summed E-state index contributed by atoms with van der Waals surface area (Å²) < 4.78 is 5.66. The normalized spacial score (nSPS) is 20.5. The highest BCUT2D eigenvalue weighted by Crippen LogP contribution is 2.44. The number of carbonyl (C=O) groups is 2. The molecule has 5 heteroatoms. The van der Waals surface area contributed by atoms with Crippen LogP contribution in [0.5, 0.6) is 0 Å². The average Bonchev–Trinajstić information content (AvgIpc) is 3.27. The zero-order valence-electron chi connectivity index (χ0n) is 15.6. The lowest BCUT2D eigenvalue weighted by molar-refractivity contribution is -0.148. The first-order valence-corrected chi connectivity index (χ1v) is 9.55. The molecule has 0 bridgehead atoms. The van der Waals surface area contributed by atoms with Gasteiger partial charge in [-0.1, -0.05) is 54.6 Å². The van der Waals surface area contributed by atoms with Gasteiger partial charge in [-0.25, -0.2) is 9.59 Å². The molecule has 28 heavy (non-hydrogen) atoms. The summed E-state index contributed by atoms with van der Waals surface area (Å²) >= 11 is 0. The smallest absolute Gasteiger partial charge is 0.410 e. The van der Waals surface area contributed by atoms with Crippen molar-refractivity contribution in [3.8, 4) is 11.1 Å². The number of carboxylic acid groups (broad SMARTS) is 1. The molecule has 2 aliphatic rings. The predicted octanol–water partition coefficient (Wildman–Crippen LogP) is 4.43. The molecule has 144 valence electrons. The van der Waals surface area contributed by atoms with Gasteiger partial charge in [-0.05, 0) is 41.5 Å². The lowest BCUT2D eigenvalue weighted by Gasteiger charge is -2.33. The highest BCUT2D eigenvalue weighted by molar-refractivity contribution is 5.85. The molecule has 1 amide bonds. The molecule has 1 atom stereocenters. The second kappa shape index (κ2) is 7.15. The fraction of sp³-hybridized carbons (Fsp3) is 0.304. The second-order valence-electron chi connectivity index (χ2n) is 7.39. The zero-order valence-corrected chi connectivity index (χ0v) is 15.6. The van der Waals surface area contributed by atoms with E-state index in [2.05, 4.69) is 30.8 Å². The fourth-order valence-electron chi connectivity index (χ4n) is 4.58. The molecule has 1 saturated heterocycles. The first-order valence-electron chi connectivity index (χ1n) is 9.55. The van der Waals surface area contributed by atoms with Crippen LogP contribution in [0, 0.1) is 0 Å². The van der Waals surface area contributed by atoms with Crippen molar-refractivity contribution >= 4 is 12.1 Å². The Morgan fingerprint density at radius 2 is 1.75 bits per heavy atom. The molecule has 0 radical (unpaired) electrons. The highest BCUT2D eigenvalue weighted by Gasteiger charge is 2.50. The molecule has 1 aliphatic carbocycles. The van der Waals surface area contributed by atoms with Gasteiger partial charge >= 0.3 is 12.1 Å². The molecule has 2 aromatic rings. The van der Waals surface area contributed by atoms with Gasteiger partial charge in [0.05, 0.1) is 0 Å². The topological polar surface area (TPSA) is 66.8 Å². The predicted molar refractivity (Wildman–Crippen MR) is 106 cm³/mol. The lowest BCUT2D eigenvalue weighted by atomic mass is 9.92. The average molecular weight is 377 g/mol. The third kappa shape index (κ3) is 2.78. The van der Waals surface area contributed by atoms with Crippen molar-refractivity contribution in [2.75, 3.05) is 13.2 Å². The van der Waals surface area contributed by atoms with Crippen LogP contribution in [0.15, 0.2) is 61.2 Å². The summed E-state index contributed by atoms with van der Waals surface area (Å²) in [4.78, 5) is 26.1. The van der Waals surface area contributed by atoms with Gasteiger partial charge in [-0.15, -0.1) is 6.58 Å². The van der Waals surface area contributed by atoms with Crippen LogP contribution in [0.25, 0.3) is 11.1 Å². The minimum absolute atomic E-state index is 0.0439. The number of fused-ring (bicyclic) bond motifs is 3. The van der Waals surface area contributed by atoms with Gasteiger partial charge in [-0.2, -0.15) is 0 Å². The number of amides is 1. The number of likely N-dealkylation sites (tertiary alicyclic amines) is 1. The van der Waals surface area contributed by atoms with Crippen molar-refractivity contribution in [1.82, 2.24) is 4.90 Å². The monoisotopic (exact) mass is 377 g/mol. The summed E-state index contributed by atoms with van der Waals surface area (Å²) in [6, 6.07) is 16.3. The third-order valence-electron chi connectivity index (χ3n) is 5.93. The minimum atomic E-state index is -1.25. The van der Waals surface area contributed by atoms with Crippen molar-refractivity contribution in [2.45, 2.75) is 30.7 Å². The highest BCUT2D eigenvalue weighted by atomic mass is 16.6. The molecule has 0 spiro atoms. The molecular formula is C23H23NO4. The molecule has 0 aromatic heterocycles. The van der Waals surface area contributed by atoms with E-state index in [-0.39, 0.29) is 18.9 Å².